The average molecular weight is 245 g/mol. The van der Waals surface area contributed by atoms with E-state index in [0.717, 1.165) is 0 Å². The molecule has 1 unspecified atom stereocenters. The molecule has 0 bridgehead atoms. The summed E-state index contributed by atoms with van der Waals surface area (Å²) in [5.41, 5.74) is 3.46. The van der Waals surface area contributed by atoms with E-state index in [1.165, 1.54) is 19.3 Å². The molecule has 1 nitrogen and oxygen atoms in total. The number of likely N-dealkylation sites (N-methyl/N-ethyl adjacent to an activating group) is 1. The minimum absolute atomic E-state index is 0.336. The lowest BCUT2D eigenvalue weighted by atomic mass is 9.70. The smallest absolute Gasteiger partial charge is 0.0275 e. The summed E-state index contributed by atoms with van der Waals surface area (Å²) in [6, 6.07) is 9.59. The van der Waals surface area contributed by atoms with Crippen LogP contribution in [0.25, 0.3) is 0 Å². The van der Waals surface area contributed by atoms with Crippen LogP contribution in [0.2, 0.25) is 0 Å². The fourth-order valence-corrected chi connectivity index (χ4v) is 3.46. The molecule has 0 saturated heterocycles. The molecule has 1 aromatic carbocycles. The lowest BCUT2D eigenvalue weighted by Gasteiger charge is -2.50. The number of aryl methyl sites for hydroxylation is 1. The summed E-state index contributed by atoms with van der Waals surface area (Å²) < 4.78 is 0. The fraction of sp³-hybridized carbons (Fsp3) is 0.647. The first-order chi connectivity index (χ1) is 8.47. The Bertz CT molecular complexity index is 408. The highest BCUT2D eigenvalue weighted by molar-refractivity contribution is 5.32. The van der Waals surface area contributed by atoms with E-state index >= 15 is 0 Å². The van der Waals surface area contributed by atoms with Crippen LogP contribution in [0.15, 0.2) is 24.3 Å². The first-order valence-electron chi connectivity index (χ1n) is 7.27. The summed E-state index contributed by atoms with van der Waals surface area (Å²) in [7, 11) is 2.30. The maximum Gasteiger partial charge on any atom is 0.0275 e. The highest BCUT2D eigenvalue weighted by atomic mass is 15.2. The van der Waals surface area contributed by atoms with Gasteiger partial charge in [0.15, 0.2) is 0 Å². The van der Waals surface area contributed by atoms with Crippen LogP contribution in [-0.4, -0.2) is 23.5 Å². The zero-order chi connectivity index (χ0) is 13.3. The highest BCUT2D eigenvalue weighted by Gasteiger charge is 2.41. The Morgan fingerprint density at radius 3 is 2.22 bits per heavy atom. The second-order valence-corrected chi connectivity index (χ2v) is 6.41. The predicted octanol–water partition coefficient (Wildman–Crippen LogP) is 3.91. The Kier molecular flexibility index (Phi) is 3.82. The molecular weight excluding hydrogens is 218 g/mol. The molecule has 2 rings (SSSR count). The van der Waals surface area contributed by atoms with Gasteiger partial charge < -0.3 is 0 Å². The first kappa shape index (κ1) is 13.6. The van der Waals surface area contributed by atoms with Crippen LogP contribution in [0, 0.1) is 5.92 Å². The van der Waals surface area contributed by atoms with Crippen LogP contribution in [0.4, 0.5) is 0 Å². The summed E-state index contributed by atoms with van der Waals surface area (Å²) >= 11 is 0. The van der Waals surface area contributed by atoms with Crippen LogP contribution in [0.3, 0.4) is 0 Å². The zero-order valence-electron chi connectivity index (χ0n) is 12.5. The van der Waals surface area contributed by atoms with Gasteiger partial charge in [0.25, 0.3) is 0 Å². The van der Waals surface area contributed by atoms with Crippen molar-refractivity contribution in [2.75, 3.05) is 7.05 Å². The van der Waals surface area contributed by atoms with Crippen molar-refractivity contribution in [2.24, 2.45) is 5.92 Å². The normalized spacial score (nSPS) is 23.8. The van der Waals surface area contributed by atoms with Gasteiger partial charge in [0.1, 0.15) is 0 Å². The topological polar surface area (TPSA) is 3.24 Å². The Hall–Kier alpha value is -0.820. The molecule has 1 aliphatic rings. The molecule has 18 heavy (non-hydrogen) atoms. The van der Waals surface area contributed by atoms with Gasteiger partial charge in [-0.3, -0.25) is 4.90 Å². The van der Waals surface area contributed by atoms with E-state index in [2.05, 4.69) is 63.9 Å². The maximum atomic E-state index is 2.60. The number of benzene rings is 1. The van der Waals surface area contributed by atoms with Crippen LogP contribution in [0.1, 0.15) is 45.2 Å². The van der Waals surface area contributed by atoms with E-state index in [1.54, 1.807) is 11.1 Å². The van der Waals surface area contributed by atoms with Gasteiger partial charge in [0.05, 0.1) is 0 Å². The average Bonchev–Trinajstić information content (AvgIpc) is 2.36. The Morgan fingerprint density at radius 1 is 1.06 bits per heavy atom. The standard InChI is InChI=1S/C17H27N/c1-13(2)17(18(5)14(3)4)11-10-15-8-6-7-9-16(15)12-17/h6-9,13-14H,10-12H2,1-5H3. The summed E-state index contributed by atoms with van der Waals surface area (Å²) in [5.74, 6) is 0.693. The van der Waals surface area contributed by atoms with Crippen molar-refractivity contribution in [1.82, 2.24) is 4.90 Å². The molecule has 1 heteroatoms. The molecule has 0 heterocycles. The Balaban J connectivity index is 2.36. The van der Waals surface area contributed by atoms with Gasteiger partial charge in [-0.25, -0.2) is 0 Å². The first-order valence-corrected chi connectivity index (χ1v) is 7.27. The second kappa shape index (κ2) is 5.05. The third kappa shape index (κ3) is 2.21. The van der Waals surface area contributed by atoms with Gasteiger partial charge in [-0.2, -0.15) is 0 Å². The van der Waals surface area contributed by atoms with Crippen LogP contribution in [0.5, 0.6) is 0 Å². The van der Waals surface area contributed by atoms with Gasteiger partial charge in [-0.05, 0) is 57.2 Å². The predicted molar refractivity (Wildman–Crippen MR) is 78.9 cm³/mol. The van der Waals surface area contributed by atoms with Gasteiger partial charge in [-0.1, -0.05) is 38.1 Å². The van der Waals surface area contributed by atoms with E-state index in [-0.39, 0.29) is 0 Å². The van der Waals surface area contributed by atoms with E-state index < -0.39 is 0 Å². The summed E-state index contributed by atoms with van der Waals surface area (Å²) in [6.45, 7) is 9.38. The third-order valence-corrected chi connectivity index (χ3v) is 4.99. The molecule has 1 atom stereocenters. The molecule has 1 aromatic rings. The van der Waals surface area contributed by atoms with Gasteiger partial charge in [0, 0.05) is 11.6 Å². The van der Waals surface area contributed by atoms with Crippen LogP contribution < -0.4 is 0 Å². The second-order valence-electron chi connectivity index (χ2n) is 6.41. The minimum Gasteiger partial charge on any atom is -0.298 e. The molecule has 0 radical (unpaired) electrons. The molecule has 0 saturated carbocycles. The van der Waals surface area contributed by atoms with Crippen molar-refractivity contribution in [2.45, 2.75) is 58.5 Å². The molecule has 0 amide bonds. The quantitative estimate of drug-likeness (QED) is 0.780. The molecule has 100 valence electrons. The van der Waals surface area contributed by atoms with Gasteiger partial charge in [0.2, 0.25) is 0 Å². The zero-order valence-corrected chi connectivity index (χ0v) is 12.5. The third-order valence-electron chi connectivity index (χ3n) is 4.99. The van der Waals surface area contributed by atoms with E-state index in [0.29, 0.717) is 17.5 Å². The van der Waals surface area contributed by atoms with Crippen molar-refractivity contribution >= 4 is 0 Å². The summed E-state index contributed by atoms with van der Waals surface area (Å²) in [5, 5.41) is 0. The number of rotatable bonds is 3. The minimum atomic E-state index is 0.336. The number of hydrogen-bond donors (Lipinski definition) is 0. The lowest BCUT2D eigenvalue weighted by Crippen LogP contribution is -2.56. The van der Waals surface area contributed by atoms with Crippen molar-refractivity contribution < 1.29 is 0 Å². The largest absolute Gasteiger partial charge is 0.298 e. The maximum absolute atomic E-state index is 2.60. The van der Waals surface area contributed by atoms with Crippen molar-refractivity contribution in [3.05, 3.63) is 35.4 Å². The van der Waals surface area contributed by atoms with Crippen molar-refractivity contribution in [3.8, 4) is 0 Å². The molecule has 0 spiro atoms. The van der Waals surface area contributed by atoms with E-state index in [1.807, 2.05) is 0 Å². The molecule has 0 aliphatic heterocycles. The number of nitrogens with zero attached hydrogens (tertiary/aromatic N) is 1. The SMILES string of the molecule is CC(C)N(C)C1(C(C)C)CCc2ccccc2C1. The molecule has 0 aromatic heterocycles. The highest BCUT2D eigenvalue weighted by Crippen LogP contribution is 2.38. The molecule has 1 aliphatic carbocycles. The molecular formula is C17H27N. The molecule has 0 fully saturated rings. The van der Waals surface area contributed by atoms with Crippen molar-refractivity contribution in [1.29, 1.82) is 0 Å². The van der Waals surface area contributed by atoms with E-state index in [4.69, 9.17) is 0 Å². The van der Waals surface area contributed by atoms with Crippen LogP contribution >= 0.6 is 0 Å². The molecule has 0 N–H and O–H groups in total. The Labute approximate surface area is 112 Å². The van der Waals surface area contributed by atoms with Gasteiger partial charge >= 0.3 is 0 Å². The monoisotopic (exact) mass is 245 g/mol. The van der Waals surface area contributed by atoms with Gasteiger partial charge in [-0.15, -0.1) is 0 Å². The summed E-state index contributed by atoms with van der Waals surface area (Å²) in [4.78, 5) is 2.60. The van der Waals surface area contributed by atoms with E-state index in [9.17, 15) is 0 Å². The number of hydrogen-bond acceptors (Lipinski definition) is 1. The van der Waals surface area contributed by atoms with Crippen molar-refractivity contribution in [3.63, 3.8) is 0 Å². The fourth-order valence-electron chi connectivity index (χ4n) is 3.46. The Morgan fingerprint density at radius 2 is 1.67 bits per heavy atom. The summed E-state index contributed by atoms with van der Waals surface area (Å²) in [6.07, 6.45) is 3.72. The lowest BCUT2D eigenvalue weighted by molar-refractivity contribution is 0.0292. The number of fused-ring (bicyclic) bond motifs is 1. The van der Waals surface area contributed by atoms with Crippen LogP contribution in [-0.2, 0) is 12.8 Å².